The maximum atomic E-state index is 12.2. The van der Waals surface area contributed by atoms with E-state index in [0.717, 1.165) is 0 Å². The molecule has 94 valence electrons. The summed E-state index contributed by atoms with van der Waals surface area (Å²) in [6.45, 7) is 1.59. The van der Waals surface area contributed by atoms with Crippen LogP contribution in [-0.4, -0.2) is 20.0 Å². The number of halogens is 2. The molecule has 0 saturated heterocycles. The predicted octanol–water partition coefficient (Wildman–Crippen LogP) is 1.24. The molecule has 0 aliphatic carbocycles. The van der Waals surface area contributed by atoms with Gasteiger partial charge in [0.2, 0.25) is 0 Å². The third-order valence-corrected chi connectivity index (χ3v) is 3.00. The first-order valence-electron chi connectivity index (χ1n) is 4.49. The summed E-state index contributed by atoms with van der Waals surface area (Å²) in [6.07, 6.45) is 0. The number of nitrogens with one attached hydrogen (secondary N) is 2. The summed E-state index contributed by atoms with van der Waals surface area (Å²) in [6, 6.07) is 4.34. The van der Waals surface area contributed by atoms with E-state index in [1.807, 2.05) is 0 Å². The molecule has 0 radical (unpaired) electrons. The summed E-state index contributed by atoms with van der Waals surface area (Å²) in [5.41, 5.74) is 5.76. The van der Waals surface area contributed by atoms with Gasteiger partial charge >= 0.3 is 5.76 Å². The van der Waals surface area contributed by atoms with Gasteiger partial charge in [-0.3, -0.25) is 10.1 Å². The number of hydrogen-bond acceptors (Lipinski definition) is 3. The zero-order chi connectivity index (χ0) is 13.2. The average Bonchev–Trinajstić information content (AvgIpc) is 2.15. The van der Waals surface area contributed by atoms with Gasteiger partial charge in [0.15, 0.2) is 0 Å². The Bertz CT molecular complexity index is 543. The van der Waals surface area contributed by atoms with Crippen molar-refractivity contribution in [2.24, 2.45) is 5.73 Å². The molecule has 0 atom stereocenters. The van der Waals surface area contributed by atoms with Gasteiger partial charge in [0.05, 0.1) is 5.69 Å². The highest BCUT2D eigenvalue weighted by Gasteiger charge is 2.25. The topological polar surface area (TPSA) is 96.0 Å². The molecule has 0 heterocycles. The van der Waals surface area contributed by atoms with Gasteiger partial charge in [-0.2, -0.15) is 8.78 Å². The van der Waals surface area contributed by atoms with E-state index in [-0.39, 0.29) is 11.3 Å². The molecular formula is C9H11F2N3O2S. The molecule has 0 aliphatic heterocycles. The van der Waals surface area contributed by atoms with Crippen molar-refractivity contribution in [1.82, 2.24) is 0 Å². The van der Waals surface area contributed by atoms with E-state index in [2.05, 4.69) is 0 Å². The second-order valence-corrected chi connectivity index (χ2v) is 4.97. The molecule has 0 unspecified atom stereocenters. The van der Waals surface area contributed by atoms with E-state index in [4.69, 9.17) is 11.1 Å². The number of nitrogen functional groups attached to an aromatic ring is 1. The summed E-state index contributed by atoms with van der Waals surface area (Å²) in [7, 11) is -4.76. The quantitative estimate of drug-likeness (QED) is 0.563. The van der Waals surface area contributed by atoms with Crippen LogP contribution in [0.1, 0.15) is 11.1 Å². The van der Waals surface area contributed by atoms with Crippen LogP contribution < -0.4 is 10.5 Å². The minimum Gasteiger partial charge on any atom is -0.384 e. The highest BCUT2D eigenvalue weighted by Crippen LogP contribution is 2.21. The van der Waals surface area contributed by atoms with Crippen LogP contribution in [0.2, 0.25) is 0 Å². The summed E-state index contributed by atoms with van der Waals surface area (Å²) < 4.78 is 48.1. The summed E-state index contributed by atoms with van der Waals surface area (Å²) in [5.74, 6) is -3.93. The molecule has 4 N–H and O–H groups in total. The molecule has 0 aromatic heterocycles. The molecule has 0 spiro atoms. The van der Waals surface area contributed by atoms with Crippen LogP contribution in [-0.2, 0) is 10.0 Å². The lowest BCUT2D eigenvalue weighted by molar-refractivity contribution is 0.236. The Hall–Kier alpha value is -1.70. The minimum atomic E-state index is -4.76. The standard InChI is InChI=1S/C9H11F2N3O2S/c1-5-3-2-4-6(7(5)8(12)13)14-17(15,16)9(10)11/h2-4,9,14H,1H3,(H3,12,13). The van der Waals surface area contributed by atoms with Crippen molar-refractivity contribution < 1.29 is 17.2 Å². The van der Waals surface area contributed by atoms with Gasteiger partial charge in [-0.25, -0.2) is 8.42 Å². The maximum Gasteiger partial charge on any atom is 0.355 e. The lowest BCUT2D eigenvalue weighted by atomic mass is 10.1. The maximum absolute atomic E-state index is 12.2. The van der Waals surface area contributed by atoms with Crippen LogP contribution in [0.3, 0.4) is 0 Å². The molecule has 1 rings (SSSR count). The Labute approximate surface area is 97.2 Å². The molecule has 8 heteroatoms. The number of anilines is 1. The number of hydrogen-bond donors (Lipinski definition) is 3. The van der Waals surface area contributed by atoms with Crippen molar-refractivity contribution in [2.75, 3.05) is 4.72 Å². The zero-order valence-electron chi connectivity index (χ0n) is 8.87. The third kappa shape index (κ3) is 2.90. The van der Waals surface area contributed by atoms with Crippen LogP contribution >= 0.6 is 0 Å². The van der Waals surface area contributed by atoms with Crippen molar-refractivity contribution in [3.05, 3.63) is 29.3 Å². The predicted molar refractivity (Wildman–Crippen MR) is 60.7 cm³/mol. The van der Waals surface area contributed by atoms with Gasteiger partial charge in [-0.1, -0.05) is 12.1 Å². The van der Waals surface area contributed by atoms with E-state index in [1.54, 1.807) is 17.7 Å². The lowest BCUT2D eigenvalue weighted by Crippen LogP contribution is -2.23. The molecule has 0 aliphatic rings. The van der Waals surface area contributed by atoms with Crippen LogP contribution in [0.15, 0.2) is 18.2 Å². The van der Waals surface area contributed by atoms with Gasteiger partial charge in [-0.05, 0) is 18.6 Å². The largest absolute Gasteiger partial charge is 0.384 e. The first-order valence-corrected chi connectivity index (χ1v) is 6.04. The first kappa shape index (κ1) is 13.4. The number of nitrogens with two attached hydrogens (primary N) is 1. The van der Waals surface area contributed by atoms with Crippen molar-refractivity contribution in [1.29, 1.82) is 5.41 Å². The van der Waals surface area contributed by atoms with Crippen molar-refractivity contribution in [2.45, 2.75) is 12.7 Å². The summed E-state index contributed by atoms with van der Waals surface area (Å²) in [5, 5.41) is 7.29. The molecule has 0 bridgehead atoms. The van der Waals surface area contributed by atoms with Crippen LogP contribution in [0.25, 0.3) is 0 Å². The SMILES string of the molecule is Cc1cccc(NS(=O)(=O)C(F)F)c1C(=N)N. The van der Waals surface area contributed by atoms with Crippen molar-refractivity contribution in [3.8, 4) is 0 Å². The van der Waals surface area contributed by atoms with Gasteiger partial charge in [0.1, 0.15) is 5.84 Å². The van der Waals surface area contributed by atoms with E-state index >= 15 is 0 Å². The number of amidine groups is 1. The van der Waals surface area contributed by atoms with Crippen molar-refractivity contribution >= 4 is 21.5 Å². The smallest absolute Gasteiger partial charge is 0.355 e. The zero-order valence-corrected chi connectivity index (χ0v) is 9.68. The number of rotatable bonds is 4. The van der Waals surface area contributed by atoms with E-state index in [9.17, 15) is 17.2 Å². The number of sulfonamides is 1. The fourth-order valence-electron chi connectivity index (χ4n) is 1.31. The molecule has 1 aromatic rings. The second kappa shape index (κ2) is 4.66. The van der Waals surface area contributed by atoms with Gasteiger partial charge in [0.25, 0.3) is 10.0 Å². The molecular weight excluding hydrogens is 252 g/mol. The Balaban J connectivity index is 3.25. The fourth-order valence-corrected chi connectivity index (χ4v) is 1.87. The average molecular weight is 263 g/mol. The number of benzene rings is 1. The molecule has 0 amide bonds. The summed E-state index contributed by atoms with van der Waals surface area (Å²) >= 11 is 0. The second-order valence-electron chi connectivity index (χ2n) is 3.32. The summed E-state index contributed by atoms with van der Waals surface area (Å²) in [4.78, 5) is 0. The highest BCUT2D eigenvalue weighted by molar-refractivity contribution is 7.93. The van der Waals surface area contributed by atoms with Gasteiger partial charge in [0, 0.05) is 5.56 Å². The van der Waals surface area contributed by atoms with Crippen LogP contribution in [0.4, 0.5) is 14.5 Å². The highest BCUT2D eigenvalue weighted by atomic mass is 32.2. The Kier molecular flexibility index (Phi) is 3.66. The normalized spacial score (nSPS) is 11.5. The fraction of sp³-hybridized carbons (Fsp3) is 0.222. The molecule has 1 aromatic carbocycles. The molecule has 0 fully saturated rings. The third-order valence-electron chi connectivity index (χ3n) is 2.03. The lowest BCUT2D eigenvalue weighted by Gasteiger charge is -2.13. The monoisotopic (exact) mass is 263 g/mol. The first-order chi connectivity index (χ1) is 7.75. The Morgan fingerprint density at radius 2 is 2.06 bits per heavy atom. The Morgan fingerprint density at radius 1 is 1.47 bits per heavy atom. The number of aryl methyl sites for hydroxylation is 1. The van der Waals surface area contributed by atoms with E-state index in [1.165, 1.54) is 12.1 Å². The minimum absolute atomic E-state index is 0.0942. The van der Waals surface area contributed by atoms with Crippen LogP contribution in [0.5, 0.6) is 0 Å². The number of alkyl halides is 2. The van der Waals surface area contributed by atoms with Gasteiger partial charge in [-0.15, -0.1) is 0 Å². The van der Waals surface area contributed by atoms with Crippen LogP contribution in [0, 0.1) is 12.3 Å². The molecule has 5 nitrogen and oxygen atoms in total. The van der Waals surface area contributed by atoms with Crippen molar-refractivity contribution in [3.63, 3.8) is 0 Å². The van der Waals surface area contributed by atoms with Gasteiger partial charge < -0.3 is 5.73 Å². The molecule has 17 heavy (non-hydrogen) atoms. The van der Waals surface area contributed by atoms with E-state index < -0.39 is 21.6 Å². The molecule has 0 saturated carbocycles. The van der Waals surface area contributed by atoms with E-state index in [0.29, 0.717) is 5.56 Å². The Morgan fingerprint density at radius 3 is 2.53 bits per heavy atom.